The number of aromatic nitrogens is 2. The number of aryl methyl sites for hydroxylation is 1. The molecule has 0 aliphatic carbocycles. The van der Waals surface area contributed by atoms with Crippen molar-refractivity contribution in [3.8, 4) is 5.75 Å². The second-order valence-electron chi connectivity index (χ2n) is 4.23. The number of carbonyl (C=O) groups is 1. The highest BCUT2D eigenvalue weighted by molar-refractivity contribution is 9.10. The Bertz CT molecular complexity index is 693. The lowest BCUT2D eigenvalue weighted by Gasteiger charge is -2.07. The minimum atomic E-state index is -0.264. The minimum absolute atomic E-state index is 0.0446. The summed E-state index contributed by atoms with van der Waals surface area (Å²) in [7, 11) is 1.56. The van der Waals surface area contributed by atoms with Crippen molar-refractivity contribution >= 4 is 21.7 Å². The molecule has 0 fully saturated rings. The minimum Gasteiger partial charge on any atom is -0.497 e. The standard InChI is InChI=1S/C14H13BrN2O3/c1-9-13(15)14(19)17(8-16-9)7-12(18)10-3-5-11(20-2)6-4-10/h3-6,8H,7H2,1-2H3. The summed E-state index contributed by atoms with van der Waals surface area (Å²) in [6.07, 6.45) is 1.38. The normalized spacial score (nSPS) is 10.3. The first-order valence-corrected chi connectivity index (χ1v) is 6.71. The van der Waals surface area contributed by atoms with Gasteiger partial charge in [0.1, 0.15) is 10.2 Å². The summed E-state index contributed by atoms with van der Waals surface area (Å²) in [6, 6.07) is 6.75. The van der Waals surface area contributed by atoms with E-state index in [1.807, 2.05) is 0 Å². The zero-order valence-electron chi connectivity index (χ0n) is 11.1. The second kappa shape index (κ2) is 6.00. The molecule has 0 bridgehead atoms. The average molecular weight is 337 g/mol. The summed E-state index contributed by atoms with van der Waals surface area (Å²) in [5.41, 5.74) is 0.858. The topological polar surface area (TPSA) is 61.2 Å². The molecule has 0 aliphatic heterocycles. The van der Waals surface area contributed by atoms with Crippen LogP contribution >= 0.6 is 15.9 Å². The van der Waals surface area contributed by atoms with Gasteiger partial charge in [0.05, 0.1) is 25.7 Å². The van der Waals surface area contributed by atoms with E-state index in [1.54, 1.807) is 38.3 Å². The van der Waals surface area contributed by atoms with E-state index in [9.17, 15) is 9.59 Å². The van der Waals surface area contributed by atoms with Crippen molar-refractivity contribution in [1.29, 1.82) is 0 Å². The van der Waals surface area contributed by atoms with Crippen molar-refractivity contribution in [3.05, 3.63) is 56.7 Å². The molecular formula is C14H13BrN2O3. The molecule has 1 aromatic carbocycles. The molecular weight excluding hydrogens is 324 g/mol. The molecule has 5 nitrogen and oxygen atoms in total. The zero-order chi connectivity index (χ0) is 14.7. The number of carbonyl (C=O) groups excluding carboxylic acids is 1. The van der Waals surface area contributed by atoms with E-state index in [1.165, 1.54) is 10.9 Å². The van der Waals surface area contributed by atoms with E-state index in [4.69, 9.17) is 4.74 Å². The highest BCUT2D eigenvalue weighted by atomic mass is 79.9. The number of methoxy groups -OCH3 is 1. The summed E-state index contributed by atoms with van der Waals surface area (Å²) in [5.74, 6) is 0.519. The van der Waals surface area contributed by atoms with E-state index in [-0.39, 0.29) is 17.9 Å². The summed E-state index contributed by atoms with van der Waals surface area (Å²) in [6.45, 7) is 1.68. The molecule has 0 amide bonds. The average Bonchev–Trinajstić information content (AvgIpc) is 2.48. The van der Waals surface area contributed by atoms with Crippen LogP contribution in [0.2, 0.25) is 0 Å². The number of nitrogens with zero attached hydrogens (tertiary/aromatic N) is 2. The van der Waals surface area contributed by atoms with Gasteiger partial charge < -0.3 is 4.74 Å². The van der Waals surface area contributed by atoms with Crippen LogP contribution in [0.1, 0.15) is 16.1 Å². The summed E-state index contributed by atoms with van der Waals surface area (Å²) in [5, 5.41) is 0. The maximum atomic E-state index is 12.1. The van der Waals surface area contributed by atoms with Gasteiger partial charge in [-0.3, -0.25) is 14.2 Å². The molecule has 6 heteroatoms. The first-order valence-electron chi connectivity index (χ1n) is 5.91. The molecule has 2 rings (SSSR count). The molecule has 0 saturated heterocycles. The summed E-state index contributed by atoms with van der Waals surface area (Å²) < 4.78 is 6.69. The molecule has 0 atom stereocenters. The van der Waals surface area contributed by atoms with Crippen molar-refractivity contribution in [2.45, 2.75) is 13.5 Å². The predicted octanol–water partition coefficient (Wildman–Crippen LogP) is 2.21. The third kappa shape index (κ3) is 2.96. The van der Waals surface area contributed by atoms with Gasteiger partial charge in [-0.1, -0.05) is 0 Å². The molecule has 0 aliphatic rings. The van der Waals surface area contributed by atoms with E-state index < -0.39 is 0 Å². The Balaban J connectivity index is 2.23. The third-order valence-corrected chi connectivity index (χ3v) is 3.80. The van der Waals surface area contributed by atoms with Crippen LogP contribution < -0.4 is 10.3 Å². The van der Waals surface area contributed by atoms with Gasteiger partial charge in [0, 0.05) is 5.56 Å². The second-order valence-corrected chi connectivity index (χ2v) is 5.02. The molecule has 0 N–H and O–H groups in total. The largest absolute Gasteiger partial charge is 0.497 e. The molecule has 104 valence electrons. The number of halogens is 1. The Morgan fingerprint density at radius 2 is 2.00 bits per heavy atom. The number of hydrogen-bond acceptors (Lipinski definition) is 4. The van der Waals surface area contributed by atoms with Gasteiger partial charge in [0.15, 0.2) is 5.78 Å². The Labute approximate surface area is 124 Å². The van der Waals surface area contributed by atoms with Gasteiger partial charge in [-0.2, -0.15) is 0 Å². The van der Waals surface area contributed by atoms with Crippen molar-refractivity contribution in [2.75, 3.05) is 7.11 Å². The lowest BCUT2D eigenvalue weighted by atomic mass is 10.1. The van der Waals surface area contributed by atoms with Crippen molar-refractivity contribution in [2.24, 2.45) is 0 Å². The van der Waals surface area contributed by atoms with Crippen LogP contribution in [-0.4, -0.2) is 22.4 Å². The Kier molecular flexibility index (Phi) is 4.34. The molecule has 2 aromatic rings. The molecule has 1 heterocycles. The summed E-state index contributed by atoms with van der Waals surface area (Å²) in [4.78, 5) is 28.1. The van der Waals surface area contributed by atoms with Gasteiger partial charge in [0.25, 0.3) is 5.56 Å². The lowest BCUT2D eigenvalue weighted by Crippen LogP contribution is -2.25. The zero-order valence-corrected chi connectivity index (χ0v) is 12.7. The van der Waals surface area contributed by atoms with Gasteiger partial charge in [-0.05, 0) is 47.1 Å². The number of rotatable bonds is 4. The third-order valence-electron chi connectivity index (χ3n) is 2.88. The Morgan fingerprint density at radius 1 is 1.35 bits per heavy atom. The van der Waals surface area contributed by atoms with Crippen LogP contribution in [0, 0.1) is 6.92 Å². The van der Waals surface area contributed by atoms with E-state index in [0.29, 0.717) is 21.5 Å². The number of Topliss-reactive ketones (excluding diaryl/α,β-unsaturated/α-hetero) is 1. The molecule has 0 radical (unpaired) electrons. The predicted molar refractivity (Wildman–Crippen MR) is 78.3 cm³/mol. The SMILES string of the molecule is COc1ccc(C(=O)Cn2cnc(C)c(Br)c2=O)cc1. The quantitative estimate of drug-likeness (QED) is 0.803. The fraction of sp³-hybridized carbons (Fsp3) is 0.214. The number of benzene rings is 1. The summed E-state index contributed by atoms with van der Waals surface area (Å²) >= 11 is 3.17. The van der Waals surface area contributed by atoms with Crippen LogP contribution in [0.4, 0.5) is 0 Å². The highest BCUT2D eigenvalue weighted by Crippen LogP contribution is 2.12. The maximum Gasteiger partial charge on any atom is 0.268 e. The molecule has 0 unspecified atom stereocenters. The first kappa shape index (κ1) is 14.5. The van der Waals surface area contributed by atoms with Gasteiger partial charge >= 0.3 is 0 Å². The van der Waals surface area contributed by atoms with Crippen LogP contribution in [0.15, 0.2) is 39.9 Å². The van der Waals surface area contributed by atoms with E-state index >= 15 is 0 Å². The fourth-order valence-corrected chi connectivity index (χ4v) is 2.01. The Hall–Kier alpha value is -1.95. The monoisotopic (exact) mass is 336 g/mol. The van der Waals surface area contributed by atoms with Gasteiger partial charge in [-0.25, -0.2) is 4.98 Å². The molecule has 1 aromatic heterocycles. The van der Waals surface area contributed by atoms with Crippen molar-refractivity contribution < 1.29 is 9.53 Å². The lowest BCUT2D eigenvalue weighted by molar-refractivity contribution is 0.0970. The smallest absolute Gasteiger partial charge is 0.268 e. The van der Waals surface area contributed by atoms with E-state index in [2.05, 4.69) is 20.9 Å². The molecule has 0 saturated carbocycles. The first-order chi connectivity index (χ1) is 9.52. The van der Waals surface area contributed by atoms with Gasteiger partial charge in [0.2, 0.25) is 0 Å². The van der Waals surface area contributed by atoms with Gasteiger partial charge in [-0.15, -0.1) is 0 Å². The van der Waals surface area contributed by atoms with Crippen LogP contribution in [0.3, 0.4) is 0 Å². The number of hydrogen-bond donors (Lipinski definition) is 0. The molecule has 0 spiro atoms. The Morgan fingerprint density at radius 3 is 2.60 bits per heavy atom. The van der Waals surface area contributed by atoms with Crippen molar-refractivity contribution in [3.63, 3.8) is 0 Å². The van der Waals surface area contributed by atoms with Crippen LogP contribution in [0.25, 0.3) is 0 Å². The number of ether oxygens (including phenoxy) is 1. The highest BCUT2D eigenvalue weighted by Gasteiger charge is 2.11. The fourth-order valence-electron chi connectivity index (χ4n) is 1.68. The van der Waals surface area contributed by atoms with Crippen LogP contribution in [-0.2, 0) is 6.54 Å². The van der Waals surface area contributed by atoms with E-state index in [0.717, 1.165) is 0 Å². The van der Waals surface area contributed by atoms with Crippen molar-refractivity contribution in [1.82, 2.24) is 9.55 Å². The van der Waals surface area contributed by atoms with Crippen LogP contribution in [0.5, 0.6) is 5.75 Å². The molecule has 20 heavy (non-hydrogen) atoms. The number of ketones is 1. The maximum absolute atomic E-state index is 12.1.